The standard InChI is InChI=1S/C19H20BrN5O/c1-23-17-5-3-2-4-16(17)22-18(23)13-24-6-8-25(9-7-24)19(26)14-10-15(20)12-21-11-14/h2-5,10-12H,6-9,13H2,1H3. The first-order valence-corrected chi connectivity index (χ1v) is 9.43. The molecule has 1 saturated heterocycles. The van der Waals surface area contributed by atoms with E-state index in [1.54, 1.807) is 12.4 Å². The van der Waals surface area contributed by atoms with E-state index in [2.05, 4.69) is 43.5 Å². The first-order chi connectivity index (χ1) is 12.6. The molecule has 0 atom stereocenters. The van der Waals surface area contributed by atoms with E-state index in [0.717, 1.165) is 54.1 Å². The number of hydrogen-bond donors (Lipinski definition) is 0. The van der Waals surface area contributed by atoms with Crippen LogP contribution < -0.4 is 0 Å². The Hall–Kier alpha value is -2.25. The predicted molar refractivity (Wildman–Crippen MR) is 104 cm³/mol. The quantitative estimate of drug-likeness (QED) is 0.662. The lowest BCUT2D eigenvalue weighted by atomic mass is 10.2. The highest BCUT2D eigenvalue weighted by Crippen LogP contribution is 2.17. The summed E-state index contributed by atoms with van der Waals surface area (Å²) in [6.45, 7) is 3.92. The number of halogens is 1. The molecule has 0 bridgehead atoms. The van der Waals surface area contributed by atoms with E-state index in [1.807, 2.05) is 29.2 Å². The topological polar surface area (TPSA) is 54.3 Å². The van der Waals surface area contributed by atoms with Crippen LogP contribution in [0.25, 0.3) is 11.0 Å². The van der Waals surface area contributed by atoms with Crippen LogP contribution in [-0.2, 0) is 13.6 Å². The van der Waals surface area contributed by atoms with E-state index >= 15 is 0 Å². The fourth-order valence-electron chi connectivity index (χ4n) is 3.36. The summed E-state index contributed by atoms with van der Waals surface area (Å²) < 4.78 is 2.98. The second kappa shape index (κ2) is 7.17. The molecule has 0 unspecified atom stereocenters. The number of aromatic nitrogens is 3. The van der Waals surface area contributed by atoms with Crippen molar-refractivity contribution in [2.45, 2.75) is 6.54 Å². The minimum Gasteiger partial charge on any atom is -0.336 e. The highest BCUT2D eigenvalue weighted by Gasteiger charge is 2.23. The summed E-state index contributed by atoms with van der Waals surface area (Å²) in [6, 6.07) is 10.0. The fourth-order valence-corrected chi connectivity index (χ4v) is 3.72. The first-order valence-electron chi connectivity index (χ1n) is 8.64. The summed E-state index contributed by atoms with van der Waals surface area (Å²) in [7, 11) is 2.06. The molecule has 3 heterocycles. The van der Waals surface area contributed by atoms with E-state index in [1.165, 1.54) is 0 Å². The minimum atomic E-state index is 0.0428. The summed E-state index contributed by atoms with van der Waals surface area (Å²) in [5.74, 6) is 1.10. The van der Waals surface area contributed by atoms with Gasteiger partial charge in [0.2, 0.25) is 0 Å². The van der Waals surface area contributed by atoms with Crippen molar-refractivity contribution >= 4 is 32.9 Å². The maximum absolute atomic E-state index is 12.6. The van der Waals surface area contributed by atoms with Gasteiger partial charge in [-0.05, 0) is 34.1 Å². The lowest BCUT2D eigenvalue weighted by Gasteiger charge is -2.34. The van der Waals surface area contributed by atoms with Gasteiger partial charge in [-0.3, -0.25) is 14.7 Å². The van der Waals surface area contributed by atoms with Crippen molar-refractivity contribution < 1.29 is 4.79 Å². The van der Waals surface area contributed by atoms with Crippen molar-refractivity contribution in [2.24, 2.45) is 7.05 Å². The monoisotopic (exact) mass is 413 g/mol. The Morgan fingerprint density at radius 1 is 1.15 bits per heavy atom. The molecule has 3 aromatic rings. The van der Waals surface area contributed by atoms with E-state index in [0.29, 0.717) is 5.56 Å². The lowest BCUT2D eigenvalue weighted by molar-refractivity contribution is 0.0624. The van der Waals surface area contributed by atoms with Crippen molar-refractivity contribution in [2.75, 3.05) is 26.2 Å². The zero-order chi connectivity index (χ0) is 18.1. The third-order valence-corrected chi connectivity index (χ3v) is 5.29. The third kappa shape index (κ3) is 3.37. The summed E-state index contributed by atoms with van der Waals surface area (Å²) >= 11 is 3.37. The van der Waals surface area contributed by atoms with Crippen LogP contribution in [0.3, 0.4) is 0 Å². The average molecular weight is 414 g/mol. The van der Waals surface area contributed by atoms with Crippen molar-refractivity contribution in [3.63, 3.8) is 0 Å². The third-order valence-electron chi connectivity index (χ3n) is 4.86. The molecule has 1 amide bonds. The number of imidazole rings is 1. The van der Waals surface area contributed by atoms with Gasteiger partial charge in [0.05, 0.1) is 23.1 Å². The van der Waals surface area contributed by atoms with Crippen LogP contribution in [0, 0.1) is 0 Å². The van der Waals surface area contributed by atoms with Crippen molar-refractivity contribution in [3.8, 4) is 0 Å². The van der Waals surface area contributed by atoms with Crippen molar-refractivity contribution in [1.82, 2.24) is 24.3 Å². The molecule has 7 heteroatoms. The number of nitrogens with zero attached hydrogens (tertiary/aromatic N) is 5. The molecule has 1 fully saturated rings. The van der Waals surface area contributed by atoms with Crippen LogP contribution in [-0.4, -0.2) is 56.4 Å². The summed E-state index contributed by atoms with van der Waals surface area (Å²) in [5.41, 5.74) is 2.81. The molecule has 0 aliphatic carbocycles. The van der Waals surface area contributed by atoms with Crippen LogP contribution in [0.5, 0.6) is 0 Å². The number of rotatable bonds is 3. The van der Waals surface area contributed by atoms with Gasteiger partial charge in [0.15, 0.2) is 0 Å². The van der Waals surface area contributed by atoms with Gasteiger partial charge in [-0.25, -0.2) is 4.98 Å². The van der Waals surface area contributed by atoms with Gasteiger partial charge < -0.3 is 9.47 Å². The van der Waals surface area contributed by atoms with Gasteiger partial charge in [0.25, 0.3) is 5.91 Å². The summed E-state index contributed by atoms with van der Waals surface area (Å²) in [6.07, 6.45) is 3.31. The van der Waals surface area contributed by atoms with Crippen molar-refractivity contribution in [3.05, 3.63) is 58.6 Å². The molecule has 1 aliphatic rings. The molecule has 134 valence electrons. The SMILES string of the molecule is Cn1c(CN2CCN(C(=O)c3cncc(Br)c3)CC2)nc2ccccc21. The zero-order valence-corrected chi connectivity index (χ0v) is 16.2. The Bertz CT molecular complexity index is 946. The number of carbonyl (C=O) groups is 1. The molecule has 4 rings (SSSR count). The highest BCUT2D eigenvalue weighted by atomic mass is 79.9. The number of fused-ring (bicyclic) bond motifs is 1. The van der Waals surface area contributed by atoms with Crippen LogP contribution >= 0.6 is 15.9 Å². The van der Waals surface area contributed by atoms with Crippen LogP contribution in [0.15, 0.2) is 47.2 Å². The largest absolute Gasteiger partial charge is 0.336 e. The van der Waals surface area contributed by atoms with E-state index < -0.39 is 0 Å². The number of carbonyl (C=O) groups excluding carboxylic acids is 1. The lowest BCUT2D eigenvalue weighted by Crippen LogP contribution is -2.48. The fraction of sp³-hybridized carbons (Fsp3) is 0.316. The van der Waals surface area contributed by atoms with Gasteiger partial charge in [-0.1, -0.05) is 12.1 Å². The highest BCUT2D eigenvalue weighted by molar-refractivity contribution is 9.10. The van der Waals surface area contributed by atoms with Gasteiger partial charge >= 0.3 is 0 Å². The number of para-hydroxylation sites is 2. The smallest absolute Gasteiger partial charge is 0.255 e. The van der Waals surface area contributed by atoms with Gasteiger partial charge in [-0.2, -0.15) is 0 Å². The molecule has 1 aliphatic heterocycles. The van der Waals surface area contributed by atoms with E-state index in [-0.39, 0.29) is 5.91 Å². The van der Waals surface area contributed by atoms with E-state index in [4.69, 9.17) is 4.98 Å². The van der Waals surface area contributed by atoms with Crippen LogP contribution in [0.2, 0.25) is 0 Å². The Morgan fingerprint density at radius 3 is 2.65 bits per heavy atom. The second-order valence-corrected chi connectivity index (χ2v) is 7.45. The zero-order valence-electron chi connectivity index (χ0n) is 14.6. The molecule has 26 heavy (non-hydrogen) atoms. The molecule has 0 spiro atoms. The Labute approximate surface area is 160 Å². The van der Waals surface area contributed by atoms with E-state index in [9.17, 15) is 4.79 Å². The maximum atomic E-state index is 12.6. The van der Waals surface area contributed by atoms with Gasteiger partial charge in [-0.15, -0.1) is 0 Å². The number of piperazine rings is 1. The number of hydrogen-bond acceptors (Lipinski definition) is 4. The molecule has 6 nitrogen and oxygen atoms in total. The van der Waals surface area contributed by atoms with Crippen LogP contribution in [0.1, 0.15) is 16.2 Å². The van der Waals surface area contributed by atoms with Crippen LogP contribution in [0.4, 0.5) is 0 Å². The number of amides is 1. The predicted octanol–water partition coefficient (Wildman–Crippen LogP) is 2.69. The van der Waals surface area contributed by atoms with Gasteiger partial charge in [0, 0.05) is 50.1 Å². The molecule has 2 aromatic heterocycles. The normalized spacial score (nSPS) is 15.5. The molecule has 0 saturated carbocycles. The number of aryl methyl sites for hydroxylation is 1. The van der Waals surface area contributed by atoms with Gasteiger partial charge in [0.1, 0.15) is 5.82 Å². The minimum absolute atomic E-state index is 0.0428. The number of pyridine rings is 1. The molecule has 0 radical (unpaired) electrons. The molecule has 0 N–H and O–H groups in total. The Kier molecular flexibility index (Phi) is 4.74. The molecular formula is C19H20BrN5O. The van der Waals surface area contributed by atoms with Crippen molar-refractivity contribution in [1.29, 1.82) is 0 Å². The Morgan fingerprint density at radius 2 is 1.92 bits per heavy atom. The maximum Gasteiger partial charge on any atom is 0.255 e. The Balaban J connectivity index is 1.40. The summed E-state index contributed by atoms with van der Waals surface area (Å²) in [4.78, 5) is 25.7. The average Bonchev–Trinajstić information content (AvgIpc) is 2.98. The molecular weight excluding hydrogens is 394 g/mol. The summed E-state index contributed by atoms with van der Waals surface area (Å²) in [5, 5.41) is 0. The molecule has 1 aromatic carbocycles. The number of benzene rings is 1. The first kappa shape index (κ1) is 17.2. The second-order valence-electron chi connectivity index (χ2n) is 6.54.